The highest BCUT2D eigenvalue weighted by molar-refractivity contribution is 5.86. The van der Waals surface area contributed by atoms with Gasteiger partial charge in [-0.1, -0.05) is 5.16 Å². The standard InChI is InChI=1S/C10H14N2O3/c1-14-6-5-9-11-10(15-12-9)7-3-2-4-8(7)13/h7H,2-6H2,1H3. The van der Waals surface area contributed by atoms with Crippen LogP contribution in [0.3, 0.4) is 0 Å². The minimum absolute atomic E-state index is 0.159. The predicted octanol–water partition coefficient (Wildman–Crippen LogP) is 1.10. The van der Waals surface area contributed by atoms with Crippen molar-refractivity contribution >= 4 is 5.78 Å². The van der Waals surface area contributed by atoms with Crippen LogP contribution in [0.15, 0.2) is 4.52 Å². The third-order valence-electron chi connectivity index (χ3n) is 2.62. The lowest BCUT2D eigenvalue weighted by atomic mass is 10.1. The van der Waals surface area contributed by atoms with E-state index in [4.69, 9.17) is 9.26 Å². The Morgan fingerprint density at radius 1 is 1.60 bits per heavy atom. The van der Waals surface area contributed by atoms with Crippen molar-refractivity contribution in [2.75, 3.05) is 13.7 Å². The van der Waals surface area contributed by atoms with Gasteiger partial charge >= 0.3 is 0 Å². The summed E-state index contributed by atoms with van der Waals surface area (Å²) >= 11 is 0. The normalized spacial score (nSPS) is 21.1. The van der Waals surface area contributed by atoms with E-state index < -0.39 is 0 Å². The van der Waals surface area contributed by atoms with E-state index in [2.05, 4.69) is 10.1 Å². The molecule has 0 amide bonds. The summed E-state index contributed by atoms with van der Waals surface area (Å²) in [4.78, 5) is 15.6. The predicted molar refractivity (Wildman–Crippen MR) is 51.5 cm³/mol. The molecular formula is C10H14N2O3. The molecule has 1 aliphatic carbocycles. The molecule has 5 heteroatoms. The second-order valence-electron chi connectivity index (χ2n) is 3.70. The fourth-order valence-corrected chi connectivity index (χ4v) is 1.78. The maximum absolute atomic E-state index is 11.4. The van der Waals surface area contributed by atoms with Crippen LogP contribution in [0.1, 0.15) is 36.9 Å². The molecule has 82 valence electrons. The van der Waals surface area contributed by atoms with Crippen molar-refractivity contribution in [2.24, 2.45) is 0 Å². The molecule has 5 nitrogen and oxygen atoms in total. The lowest BCUT2D eigenvalue weighted by Gasteiger charge is -1.98. The molecule has 0 N–H and O–H groups in total. The summed E-state index contributed by atoms with van der Waals surface area (Å²) in [6.07, 6.45) is 3.03. The van der Waals surface area contributed by atoms with Crippen LogP contribution in [0.4, 0.5) is 0 Å². The first-order valence-electron chi connectivity index (χ1n) is 5.15. The van der Waals surface area contributed by atoms with Crippen molar-refractivity contribution in [3.05, 3.63) is 11.7 Å². The molecule has 1 heterocycles. The Morgan fingerprint density at radius 3 is 3.13 bits per heavy atom. The number of nitrogens with zero attached hydrogens (tertiary/aromatic N) is 2. The molecule has 1 saturated carbocycles. The van der Waals surface area contributed by atoms with Gasteiger partial charge in [-0.05, 0) is 12.8 Å². The highest BCUT2D eigenvalue weighted by atomic mass is 16.5. The Kier molecular flexibility index (Phi) is 3.11. The average molecular weight is 210 g/mol. The number of Topliss-reactive ketones (excluding diaryl/α,β-unsaturated/α-hetero) is 1. The molecule has 0 bridgehead atoms. The van der Waals surface area contributed by atoms with Crippen molar-refractivity contribution < 1.29 is 14.1 Å². The van der Waals surface area contributed by atoms with E-state index in [9.17, 15) is 4.79 Å². The fourth-order valence-electron chi connectivity index (χ4n) is 1.78. The van der Waals surface area contributed by atoms with Crippen LogP contribution >= 0.6 is 0 Å². The first-order chi connectivity index (χ1) is 7.31. The smallest absolute Gasteiger partial charge is 0.237 e. The first kappa shape index (κ1) is 10.3. The SMILES string of the molecule is COCCc1noc(C2CCCC2=O)n1. The number of hydrogen-bond acceptors (Lipinski definition) is 5. The Labute approximate surface area is 87.8 Å². The number of ketones is 1. The summed E-state index contributed by atoms with van der Waals surface area (Å²) in [6.45, 7) is 0.567. The van der Waals surface area contributed by atoms with Gasteiger partial charge in [-0.15, -0.1) is 0 Å². The second kappa shape index (κ2) is 4.53. The van der Waals surface area contributed by atoms with Crippen molar-refractivity contribution in [3.63, 3.8) is 0 Å². The molecule has 0 aliphatic heterocycles. The van der Waals surface area contributed by atoms with Crippen LogP contribution in [-0.2, 0) is 16.0 Å². The van der Waals surface area contributed by atoms with Gasteiger partial charge in [-0.25, -0.2) is 0 Å². The second-order valence-corrected chi connectivity index (χ2v) is 3.70. The molecule has 1 aliphatic rings. The van der Waals surface area contributed by atoms with Crippen LogP contribution in [0.2, 0.25) is 0 Å². The molecule has 1 aromatic heterocycles. The topological polar surface area (TPSA) is 65.2 Å². The van der Waals surface area contributed by atoms with Crippen LogP contribution < -0.4 is 0 Å². The number of aromatic nitrogens is 2. The number of carbonyl (C=O) groups excluding carboxylic acids is 1. The van der Waals surface area contributed by atoms with Gasteiger partial charge < -0.3 is 9.26 Å². The van der Waals surface area contributed by atoms with E-state index in [0.29, 0.717) is 31.2 Å². The van der Waals surface area contributed by atoms with Crippen LogP contribution in [0.25, 0.3) is 0 Å². The Morgan fingerprint density at radius 2 is 2.47 bits per heavy atom. The molecule has 0 spiro atoms. The van der Waals surface area contributed by atoms with Crippen molar-refractivity contribution in [3.8, 4) is 0 Å². The van der Waals surface area contributed by atoms with E-state index in [1.807, 2.05) is 0 Å². The quantitative estimate of drug-likeness (QED) is 0.744. The molecule has 0 aromatic carbocycles. The third kappa shape index (κ3) is 2.23. The van der Waals surface area contributed by atoms with Crippen molar-refractivity contribution in [1.82, 2.24) is 10.1 Å². The van der Waals surface area contributed by atoms with Gasteiger partial charge in [0.25, 0.3) is 0 Å². The Balaban J connectivity index is 2.03. The molecule has 1 unspecified atom stereocenters. The largest absolute Gasteiger partial charge is 0.384 e. The van der Waals surface area contributed by atoms with Crippen LogP contribution in [0, 0.1) is 0 Å². The summed E-state index contributed by atoms with van der Waals surface area (Å²) in [6, 6.07) is 0. The highest BCUT2D eigenvalue weighted by Gasteiger charge is 2.30. The molecule has 2 rings (SSSR count). The van der Waals surface area contributed by atoms with E-state index in [1.54, 1.807) is 7.11 Å². The maximum atomic E-state index is 11.4. The number of methoxy groups -OCH3 is 1. The zero-order valence-electron chi connectivity index (χ0n) is 8.73. The summed E-state index contributed by atoms with van der Waals surface area (Å²) in [5.41, 5.74) is 0. The number of hydrogen-bond donors (Lipinski definition) is 0. The van der Waals surface area contributed by atoms with Gasteiger partial charge in [0, 0.05) is 20.0 Å². The maximum Gasteiger partial charge on any atom is 0.237 e. The first-order valence-corrected chi connectivity index (χ1v) is 5.15. The number of carbonyl (C=O) groups is 1. The third-order valence-corrected chi connectivity index (χ3v) is 2.62. The average Bonchev–Trinajstić information content (AvgIpc) is 2.83. The molecule has 1 aromatic rings. The monoisotopic (exact) mass is 210 g/mol. The van der Waals surface area contributed by atoms with Crippen molar-refractivity contribution in [2.45, 2.75) is 31.6 Å². The molecule has 0 radical (unpaired) electrons. The molecule has 15 heavy (non-hydrogen) atoms. The number of rotatable bonds is 4. The summed E-state index contributed by atoms with van der Waals surface area (Å²) in [7, 11) is 1.63. The van der Waals surface area contributed by atoms with Gasteiger partial charge in [-0.3, -0.25) is 4.79 Å². The molecule has 0 saturated heterocycles. The van der Waals surface area contributed by atoms with Crippen LogP contribution in [0.5, 0.6) is 0 Å². The Bertz CT molecular complexity index is 348. The zero-order chi connectivity index (χ0) is 10.7. The van der Waals surface area contributed by atoms with Gasteiger partial charge in [0.1, 0.15) is 5.78 Å². The molecule has 1 atom stereocenters. The van der Waals surface area contributed by atoms with Gasteiger partial charge in [0.2, 0.25) is 5.89 Å². The van der Waals surface area contributed by atoms with Crippen LogP contribution in [-0.4, -0.2) is 29.6 Å². The van der Waals surface area contributed by atoms with Gasteiger partial charge in [-0.2, -0.15) is 4.98 Å². The highest BCUT2D eigenvalue weighted by Crippen LogP contribution is 2.29. The summed E-state index contributed by atoms with van der Waals surface area (Å²) in [5.74, 6) is 1.15. The Hall–Kier alpha value is -1.23. The lowest BCUT2D eigenvalue weighted by molar-refractivity contribution is -0.119. The summed E-state index contributed by atoms with van der Waals surface area (Å²) < 4.78 is 9.99. The van der Waals surface area contributed by atoms with Gasteiger partial charge in [0.15, 0.2) is 5.82 Å². The molecular weight excluding hydrogens is 196 g/mol. The fraction of sp³-hybridized carbons (Fsp3) is 0.700. The van der Waals surface area contributed by atoms with Gasteiger partial charge in [0.05, 0.1) is 12.5 Å². The minimum atomic E-state index is -0.159. The van der Waals surface area contributed by atoms with E-state index in [0.717, 1.165) is 12.8 Å². The lowest BCUT2D eigenvalue weighted by Crippen LogP contribution is -2.05. The van der Waals surface area contributed by atoms with E-state index >= 15 is 0 Å². The minimum Gasteiger partial charge on any atom is -0.384 e. The summed E-state index contributed by atoms with van der Waals surface area (Å²) in [5, 5.41) is 3.81. The molecule has 1 fully saturated rings. The van der Waals surface area contributed by atoms with Crippen molar-refractivity contribution in [1.29, 1.82) is 0 Å². The van der Waals surface area contributed by atoms with E-state index in [-0.39, 0.29) is 11.7 Å². The number of ether oxygens (including phenoxy) is 1. The van der Waals surface area contributed by atoms with E-state index in [1.165, 1.54) is 0 Å². The zero-order valence-corrected chi connectivity index (χ0v) is 8.73.